The molecule has 1 aromatic carbocycles. The minimum Gasteiger partial charge on any atom is -0.345 e. The van der Waals surface area contributed by atoms with Gasteiger partial charge in [-0.1, -0.05) is 18.3 Å². The molecule has 0 amide bonds. The van der Waals surface area contributed by atoms with Crippen molar-refractivity contribution in [2.24, 2.45) is 0 Å². The van der Waals surface area contributed by atoms with Crippen molar-refractivity contribution in [2.45, 2.75) is 19.8 Å². The van der Waals surface area contributed by atoms with Gasteiger partial charge in [0.05, 0.1) is 11.9 Å². The number of halogens is 1. The minimum atomic E-state index is -0.246. The molecule has 0 atom stereocenters. The maximum atomic E-state index is 13.1. The molecule has 1 aliphatic rings. The van der Waals surface area contributed by atoms with Crippen molar-refractivity contribution in [1.29, 1.82) is 0 Å². The summed E-state index contributed by atoms with van der Waals surface area (Å²) in [4.78, 5) is 14.8. The van der Waals surface area contributed by atoms with Crippen LogP contribution in [0, 0.1) is 5.82 Å². The van der Waals surface area contributed by atoms with Gasteiger partial charge in [0.15, 0.2) is 0 Å². The van der Waals surface area contributed by atoms with E-state index in [2.05, 4.69) is 31.1 Å². The third kappa shape index (κ3) is 3.69. The third-order valence-electron chi connectivity index (χ3n) is 4.98. The van der Waals surface area contributed by atoms with Crippen LogP contribution < -0.4 is 9.80 Å². The number of aromatic nitrogens is 5. The second kappa shape index (κ2) is 7.68. The molecule has 0 saturated carbocycles. The summed E-state index contributed by atoms with van der Waals surface area (Å²) in [5.41, 5.74) is 1.69. The molecular weight excluding hydrogens is 409 g/mol. The molecule has 5 rings (SSSR count). The summed E-state index contributed by atoms with van der Waals surface area (Å²) >= 11 is 3.07. The second-order valence-electron chi connectivity index (χ2n) is 6.92. The van der Waals surface area contributed by atoms with Gasteiger partial charge in [-0.2, -0.15) is 4.37 Å². The molecule has 4 heterocycles. The standard InChI is InChI=1S/C19H20FN7S2/c1-2-16-22-17(29-24-16)25-8-3-9-26(11-10-25)19-23-27-12-15(21-18(27)28-19)13-4-6-14(20)7-5-13/h4-7,12H,2-3,8-11H2,1H3. The summed E-state index contributed by atoms with van der Waals surface area (Å²) in [7, 11) is 0. The van der Waals surface area contributed by atoms with E-state index in [4.69, 9.17) is 5.10 Å². The van der Waals surface area contributed by atoms with E-state index in [1.54, 1.807) is 23.5 Å². The van der Waals surface area contributed by atoms with Gasteiger partial charge in [0.2, 0.25) is 15.2 Å². The molecule has 1 fully saturated rings. The van der Waals surface area contributed by atoms with E-state index in [0.717, 1.165) is 71.3 Å². The number of benzene rings is 1. The molecule has 4 aromatic rings. The fraction of sp³-hybridized carbons (Fsp3) is 0.368. The highest BCUT2D eigenvalue weighted by Gasteiger charge is 2.21. The van der Waals surface area contributed by atoms with E-state index in [9.17, 15) is 4.39 Å². The average molecular weight is 430 g/mol. The molecule has 0 radical (unpaired) electrons. The topological polar surface area (TPSA) is 62.5 Å². The molecule has 0 unspecified atom stereocenters. The van der Waals surface area contributed by atoms with Crippen molar-refractivity contribution in [2.75, 3.05) is 36.0 Å². The van der Waals surface area contributed by atoms with Crippen molar-refractivity contribution >= 4 is 38.1 Å². The number of anilines is 2. The van der Waals surface area contributed by atoms with E-state index in [1.165, 1.54) is 23.7 Å². The van der Waals surface area contributed by atoms with Gasteiger partial charge in [-0.05, 0) is 30.7 Å². The van der Waals surface area contributed by atoms with Crippen molar-refractivity contribution in [1.82, 2.24) is 24.0 Å². The third-order valence-corrected chi connectivity index (χ3v) is 6.78. The lowest BCUT2D eigenvalue weighted by molar-refractivity contribution is 0.628. The van der Waals surface area contributed by atoms with Crippen LogP contribution in [0.1, 0.15) is 19.2 Å². The first kappa shape index (κ1) is 18.4. The fourth-order valence-corrected chi connectivity index (χ4v) is 5.13. The molecule has 29 heavy (non-hydrogen) atoms. The number of rotatable bonds is 4. The molecule has 0 N–H and O–H groups in total. The second-order valence-corrected chi connectivity index (χ2v) is 8.58. The summed E-state index contributed by atoms with van der Waals surface area (Å²) in [6, 6.07) is 6.38. The summed E-state index contributed by atoms with van der Waals surface area (Å²) in [6.07, 6.45) is 3.82. The number of fused-ring (bicyclic) bond motifs is 1. The van der Waals surface area contributed by atoms with Gasteiger partial charge < -0.3 is 9.80 Å². The lowest BCUT2D eigenvalue weighted by Gasteiger charge is -2.20. The van der Waals surface area contributed by atoms with Crippen molar-refractivity contribution in [3.05, 3.63) is 42.1 Å². The van der Waals surface area contributed by atoms with Gasteiger partial charge in [0.25, 0.3) is 0 Å². The normalized spacial score (nSPS) is 15.2. The Morgan fingerprint density at radius 1 is 1.00 bits per heavy atom. The quantitative estimate of drug-likeness (QED) is 0.493. The van der Waals surface area contributed by atoms with Gasteiger partial charge in [-0.15, -0.1) is 5.10 Å². The summed E-state index contributed by atoms with van der Waals surface area (Å²) in [5, 5.41) is 6.73. The van der Waals surface area contributed by atoms with Crippen molar-refractivity contribution in [3.8, 4) is 11.3 Å². The van der Waals surface area contributed by atoms with Crippen LogP contribution in [0.3, 0.4) is 0 Å². The van der Waals surface area contributed by atoms with Crippen LogP contribution in [0.4, 0.5) is 14.7 Å². The molecule has 1 aliphatic heterocycles. The Balaban J connectivity index is 1.31. The molecule has 0 aliphatic carbocycles. The molecule has 10 heteroatoms. The smallest absolute Gasteiger partial charge is 0.214 e. The van der Waals surface area contributed by atoms with Gasteiger partial charge in [0, 0.05) is 49.7 Å². The maximum Gasteiger partial charge on any atom is 0.214 e. The van der Waals surface area contributed by atoms with Crippen molar-refractivity contribution in [3.63, 3.8) is 0 Å². The monoisotopic (exact) mass is 429 g/mol. The number of imidazole rings is 1. The molecule has 0 spiro atoms. The lowest BCUT2D eigenvalue weighted by Crippen LogP contribution is -2.30. The SMILES string of the molecule is CCc1nsc(N2CCCN(c3nn4cc(-c5ccc(F)cc5)nc4s3)CC2)n1. The molecule has 1 saturated heterocycles. The average Bonchev–Trinajstić information content (AvgIpc) is 3.40. The van der Waals surface area contributed by atoms with Crippen LogP contribution in [0.25, 0.3) is 16.2 Å². The Morgan fingerprint density at radius 2 is 1.76 bits per heavy atom. The summed E-state index contributed by atoms with van der Waals surface area (Å²) in [5.74, 6) is 0.675. The Labute approximate surface area is 175 Å². The highest BCUT2D eigenvalue weighted by molar-refractivity contribution is 7.20. The Bertz CT molecular complexity index is 1090. The molecule has 0 bridgehead atoms. The van der Waals surface area contributed by atoms with E-state index < -0.39 is 0 Å². The van der Waals surface area contributed by atoms with Crippen molar-refractivity contribution < 1.29 is 4.39 Å². The van der Waals surface area contributed by atoms with Crippen LogP contribution in [0.2, 0.25) is 0 Å². The highest BCUT2D eigenvalue weighted by atomic mass is 32.1. The number of nitrogens with zero attached hydrogens (tertiary/aromatic N) is 7. The van der Waals surface area contributed by atoms with Gasteiger partial charge >= 0.3 is 0 Å². The molecule has 150 valence electrons. The van der Waals surface area contributed by atoms with Crippen LogP contribution in [0.5, 0.6) is 0 Å². The van der Waals surface area contributed by atoms with Crippen LogP contribution in [-0.2, 0) is 6.42 Å². The van der Waals surface area contributed by atoms with Gasteiger partial charge in [0.1, 0.15) is 11.6 Å². The summed E-state index contributed by atoms with van der Waals surface area (Å²) in [6.45, 7) is 5.81. The predicted molar refractivity (Wildman–Crippen MR) is 115 cm³/mol. The lowest BCUT2D eigenvalue weighted by atomic mass is 10.2. The Morgan fingerprint density at radius 3 is 2.45 bits per heavy atom. The highest BCUT2D eigenvalue weighted by Crippen LogP contribution is 2.28. The number of hydrogen-bond acceptors (Lipinski definition) is 8. The molecule has 3 aromatic heterocycles. The first-order chi connectivity index (χ1) is 14.2. The zero-order valence-electron chi connectivity index (χ0n) is 16.0. The zero-order valence-corrected chi connectivity index (χ0v) is 17.6. The molecular formula is C19H20FN7S2. The van der Waals surface area contributed by atoms with Gasteiger partial charge in [-0.3, -0.25) is 0 Å². The molecule has 7 nitrogen and oxygen atoms in total. The Kier molecular flexibility index (Phi) is 4.88. The van der Waals surface area contributed by atoms with E-state index in [1.807, 2.05) is 10.7 Å². The Hall–Kier alpha value is -2.59. The van der Waals surface area contributed by atoms with E-state index in [0.29, 0.717) is 0 Å². The number of aryl methyl sites for hydroxylation is 1. The van der Waals surface area contributed by atoms with E-state index >= 15 is 0 Å². The largest absolute Gasteiger partial charge is 0.345 e. The zero-order chi connectivity index (χ0) is 19.8. The first-order valence-electron chi connectivity index (χ1n) is 9.64. The first-order valence-corrected chi connectivity index (χ1v) is 11.2. The van der Waals surface area contributed by atoms with Crippen LogP contribution >= 0.6 is 22.9 Å². The predicted octanol–water partition coefficient (Wildman–Crippen LogP) is 3.73. The minimum absolute atomic E-state index is 0.246. The van der Waals surface area contributed by atoms with E-state index in [-0.39, 0.29) is 5.82 Å². The maximum absolute atomic E-state index is 13.1. The van der Waals surface area contributed by atoms with Crippen LogP contribution in [-0.4, -0.2) is 50.1 Å². The van der Waals surface area contributed by atoms with Crippen LogP contribution in [0.15, 0.2) is 30.5 Å². The summed E-state index contributed by atoms with van der Waals surface area (Å²) < 4.78 is 19.4. The number of hydrogen-bond donors (Lipinski definition) is 0. The van der Waals surface area contributed by atoms with Gasteiger partial charge in [-0.25, -0.2) is 18.9 Å². The fourth-order valence-electron chi connectivity index (χ4n) is 3.39.